The summed E-state index contributed by atoms with van der Waals surface area (Å²) in [5, 5.41) is 14.7. The molecule has 0 aliphatic carbocycles. The lowest BCUT2D eigenvalue weighted by molar-refractivity contribution is -0.140. The number of hydrogen-bond donors (Lipinski definition) is 1. The van der Waals surface area contributed by atoms with Crippen LogP contribution in [0.5, 0.6) is 0 Å². The summed E-state index contributed by atoms with van der Waals surface area (Å²) >= 11 is 5.97. The third kappa shape index (κ3) is 2.67. The van der Waals surface area contributed by atoms with Gasteiger partial charge in [0, 0.05) is 23.0 Å². The van der Waals surface area contributed by atoms with E-state index in [9.17, 15) is 14.7 Å². The zero-order valence-corrected chi connectivity index (χ0v) is 15.3. The standard InChI is InChI=1S/C19H15ClN4O3/c1-10-16(12-3-5-13(20)6-4-12)17-21-9-14-15(24(17)22-10)7-8-23(18(14)25)11(2)19(26)27/h3-9,11H,1-2H3,(H,26,27)/t11-/m1/s1. The number of benzene rings is 1. The summed E-state index contributed by atoms with van der Waals surface area (Å²) in [6.45, 7) is 3.33. The summed E-state index contributed by atoms with van der Waals surface area (Å²) in [6.07, 6.45) is 2.94. The van der Waals surface area contributed by atoms with Gasteiger partial charge in [-0.1, -0.05) is 23.7 Å². The fourth-order valence-corrected chi connectivity index (χ4v) is 3.30. The molecule has 136 valence electrons. The number of nitrogens with zero attached hydrogens (tertiary/aromatic N) is 4. The van der Waals surface area contributed by atoms with Crippen molar-refractivity contribution in [3.63, 3.8) is 0 Å². The Morgan fingerprint density at radius 2 is 1.93 bits per heavy atom. The number of fused-ring (bicyclic) bond motifs is 3. The number of aryl methyl sites for hydroxylation is 1. The van der Waals surface area contributed by atoms with Crippen LogP contribution in [0.3, 0.4) is 0 Å². The smallest absolute Gasteiger partial charge is 0.326 e. The number of carboxylic acids is 1. The van der Waals surface area contributed by atoms with Gasteiger partial charge in [0.1, 0.15) is 6.04 Å². The maximum absolute atomic E-state index is 12.7. The van der Waals surface area contributed by atoms with Crippen molar-refractivity contribution in [3.8, 4) is 11.1 Å². The van der Waals surface area contributed by atoms with Crippen LogP contribution in [0.25, 0.3) is 27.7 Å². The lowest BCUT2D eigenvalue weighted by atomic mass is 10.1. The Kier molecular flexibility index (Phi) is 3.96. The molecule has 0 bridgehead atoms. The largest absolute Gasteiger partial charge is 0.480 e. The number of hydrogen-bond acceptors (Lipinski definition) is 4. The number of halogens is 1. The first-order valence-electron chi connectivity index (χ1n) is 8.26. The van der Waals surface area contributed by atoms with Crippen molar-refractivity contribution in [2.45, 2.75) is 19.9 Å². The predicted molar refractivity (Wildman–Crippen MR) is 102 cm³/mol. The molecule has 1 atom stereocenters. The second-order valence-corrected chi connectivity index (χ2v) is 6.74. The van der Waals surface area contributed by atoms with E-state index in [1.165, 1.54) is 23.9 Å². The highest BCUT2D eigenvalue weighted by Gasteiger charge is 2.19. The van der Waals surface area contributed by atoms with Gasteiger partial charge in [-0.15, -0.1) is 0 Å². The second kappa shape index (κ2) is 6.21. The molecule has 4 aromatic rings. The minimum Gasteiger partial charge on any atom is -0.480 e. The number of aliphatic carboxylic acids is 1. The molecular weight excluding hydrogens is 368 g/mol. The van der Waals surface area contributed by atoms with Crippen molar-refractivity contribution < 1.29 is 9.90 Å². The van der Waals surface area contributed by atoms with Gasteiger partial charge in [-0.25, -0.2) is 14.3 Å². The van der Waals surface area contributed by atoms with Crippen molar-refractivity contribution in [1.82, 2.24) is 19.2 Å². The Morgan fingerprint density at radius 1 is 1.22 bits per heavy atom. The number of rotatable bonds is 3. The number of pyridine rings is 1. The van der Waals surface area contributed by atoms with Gasteiger partial charge in [0.05, 0.1) is 16.6 Å². The lowest BCUT2D eigenvalue weighted by Gasteiger charge is -2.11. The molecule has 0 saturated carbocycles. The Bertz CT molecular complexity index is 1260. The average molecular weight is 383 g/mol. The molecule has 0 unspecified atom stereocenters. The summed E-state index contributed by atoms with van der Waals surface area (Å²) in [6, 6.07) is 8.10. The van der Waals surface area contributed by atoms with Gasteiger partial charge < -0.3 is 9.67 Å². The van der Waals surface area contributed by atoms with E-state index in [1.807, 2.05) is 19.1 Å². The fourth-order valence-electron chi connectivity index (χ4n) is 3.17. The van der Waals surface area contributed by atoms with Crippen molar-refractivity contribution in [1.29, 1.82) is 0 Å². The molecule has 0 fully saturated rings. The number of carbonyl (C=O) groups is 1. The van der Waals surface area contributed by atoms with Crippen LogP contribution in [0.2, 0.25) is 5.02 Å². The molecule has 0 saturated heterocycles. The molecule has 0 radical (unpaired) electrons. The SMILES string of the molecule is Cc1nn2c(ncc3c(=O)n([C@H](C)C(=O)O)ccc32)c1-c1ccc(Cl)cc1. The summed E-state index contributed by atoms with van der Waals surface area (Å²) in [5.41, 5.74) is 3.31. The first-order valence-corrected chi connectivity index (χ1v) is 8.64. The first-order chi connectivity index (χ1) is 12.9. The molecule has 1 N–H and O–H groups in total. The van der Waals surface area contributed by atoms with Crippen LogP contribution in [-0.4, -0.2) is 30.2 Å². The van der Waals surface area contributed by atoms with E-state index in [4.69, 9.17) is 11.6 Å². The van der Waals surface area contributed by atoms with Gasteiger partial charge in [-0.3, -0.25) is 4.79 Å². The number of aromatic nitrogens is 4. The third-order valence-electron chi connectivity index (χ3n) is 4.62. The lowest BCUT2D eigenvalue weighted by Crippen LogP contribution is -2.28. The normalized spacial score (nSPS) is 12.6. The summed E-state index contributed by atoms with van der Waals surface area (Å²) < 4.78 is 2.79. The Hall–Kier alpha value is -3.19. The van der Waals surface area contributed by atoms with E-state index in [0.29, 0.717) is 21.6 Å². The molecule has 0 spiro atoms. The van der Waals surface area contributed by atoms with Gasteiger partial charge in [-0.2, -0.15) is 5.10 Å². The van der Waals surface area contributed by atoms with Crippen LogP contribution in [0.4, 0.5) is 0 Å². The van der Waals surface area contributed by atoms with Crippen molar-refractivity contribution in [2.24, 2.45) is 0 Å². The summed E-state index contributed by atoms with van der Waals surface area (Å²) in [7, 11) is 0. The summed E-state index contributed by atoms with van der Waals surface area (Å²) in [5.74, 6) is -1.08. The van der Waals surface area contributed by atoms with Crippen LogP contribution >= 0.6 is 11.6 Å². The quantitative estimate of drug-likeness (QED) is 0.587. The highest BCUT2D eigenvalue weighted by Crippen LogP contribution is 2.29. The van der Waals surface area contributed by atoms with E-state index in [-0.39, 0.29) is 0 Å². The molecule has 3 heterocycles. The first kappa shape index (κ1) is 17.2. The van der Waals surface area contributed by atoms with Crippen molar-refractivity contribution in [3.05, 3.63) is 63.8 Å². The monoisotopic (exact) mass is 382 g/mol. The molecule has 0 amide bonds. The zero-order valence-electron chi connectivity index (χ0n) is 14.5. The van der Waals surface area contributed by atoms with Crippen LogP contribution in [0.1, 0.15) is 18.7 Å². The molecule has 7 nitrogen and oxygen atoms in total. The van der Waals surface area contributed by atoms with Crippen LogP contribution < -0.4 is 5.56 Å². The van der Waals surface area contributed by atoms with Crippen molar-refractivity contribution >= 4 is 34.1 Å². The highest BCUT2D eigenvalue weighted by atomic mass is 35.5. The van der Waals surface area contributed by atoms with E-state index >= 15 is 0 Å². The van der Waals surface area contributed by atoms with Gasteiger partial charge in [0.2, 0.25) is 0 Å². The highest BCUT2D eigenvalue weighted by molar-refractivity contribution is 6.30. The third-order valence-corrected chi connectivity index (χ3v) is 4.87. The molecule has 8 heteroatoms. The number of carboxylic acid groups (broad SMARTS) is 1. The second-order valence-electron chi connectivity index (χ2n) is 6.30. The van der Waals surface area contributed by atoms with E-state index in [1.54, 1.807) is 22.7 Å². The molecule has 0 aliphatic rings. The van der Waals surface area contributed by atoms with Gasteiger partial charge in [0.15, 0.2) is 5.65 Å². The molecule has 3 aromatic heterocycles. The van der Waals surface area contributed by atoms with Gasteiger partial charge >= 0.3 is 5.97 Å². The molecule has 1 aromatic carbocycles. The van der Waals surface area contributed by atoms with Gasteiger partial charge in [-0.05, 0) is 37.6 Å². The van der Waals surface area contributed by atoms with E-state index in [2.05, 4.69) is 10.1 Å². The maximum atomic E-state index is 12.7. The van der Waals surface area contributed by atoms with Crippen molar-refractivity contribution in [2.75, 3.05) is 0 Å². The maximum Gasteiger partial charge on any atom is 0.326 e. The fraction of sp³-hybridized carbons (Fsp3) is 0.158. The Labute approximate surface area is 158 Å². The van der Waals surface area contributed by atoms with Gasteiger partial charge in [0.25, 0.3) is 5.56 Å². The molecule has 27 heavy (non-hydrogen) atoms. The minimum atomic E-state index is -1.08. The minimum absolute atomic E-state index is 0.309. The Balaban J connectivity index is 1.99. The average Bonchev–Trinajstić information content (AvgIpc) is 2.98. The van der Waals surface area contributed by atoms with Crippen LogP contribution in [-0.2, 0) is 4.79 Å². The molecule has 0 aliphatic heterocycles. The summed E-state index contributed by atoms with van der Waals surface area (Å²) in [4.78, 5) is 28.4. The van der Waals surface area contributed by atoms with E-state index in [0.717, 1.165) is 16.8 Å². The molecular formula is C19H15ClN4O3. The van der Waals surface area contributed by atoms with Crippen LogP contribution in [0, 0.1) is 6.92 Å². The zero-order chi connectivity index (χ0) is 19.3. The molecule has 4 rings (SSSR count). The Morgan fingerprint density at radius 3 is 2.59 bits per heavy atom. The van der Waals surface area contributed by atoms with E-state index < -0.39 is 17.6 Å². The predicted octanol–water partition coefficient (Wildman–Crippen LogP) is 3.32. The topological polar surface area (TPSA) is 89.5 Å². The van der Waals surface area contributed by atoms with Crippen LogP contribution in [0.15, 0.2) is 47.5 Å².